The lowest BCUT2D eigenvalue weighted by molar-refractivity contribution is -0.127. The van der Waals surface area contributed by atoms with E-state index in [1.54, 1.807) is 16.8 Å². The molecule has 0 aromatic carbocycles. The molecule has 1 amide bonds. The highest BCUT2D eigenvalue weighted by Gasteiger charge is 2.49. The molecule has 0 unspecified atom stereocenters. The number of carbonyl (C=O) groups excluding carboxylic acids is 1. The maximum absolute atomic E-state index is 13.3. The number of hydrogen-bond donors (Lipinski definition) is 1. The molecule has 6 heterocycles. The number of fused-ring (bicyclic) bond motifs is 1. The summed E-state index contributed by atoms with van der Waals surface area (Å²) >= 11 is 0. The van der Waals surface area contributed by atoms with Gasteiger partial charge in [-0.25, -0.2) is 13.9 Å². The summed E-state index contributed by atoms with van der Waals surface area (Å²) in [5, 5.41) is 11.2. The second kappa shape index (κ2) is 7.32. The second-order valence-corrected chi connectivity index (χ2v) is 9.75. The highest BCUT2D eigenvalue weighted by Crippen LogP contribution is 2.43. The summed E-state index contributed by atoms with van der Waals surface area (Å²) in [6, 6.07) is 7.56. The molecule has 0 bridgehead atoms. The summed E-state index contributed by atoms with van der Waals surface area (Å²) in [5.41, 5.74) is 3.73. The summed E-state index contributed by atoms with van der Waals surface area (Å²) in [4.78, 5) is 24.3. The van der Waals surface area contributed by atoms with Crippen LogP contribution < -0.4 is 10.2 Å². The molecule has 35 heavy (non-hydrogen) atoms. The highest BCUT2D eigenvalue weighted by molar-refractivity contribution is 6.09. The van der Waals surface area contributed by atoms with Gasteiger partial charge in [0.15, 0.2) is 0 Å². The van der Waals surface area contributed by atoms with Gasteiger partial charge in [-0.3, -0.25) is 4.79 Å². The van der Waals surface area contributed by atoms with Crippen LogP contribution in [0.1, 0.15) is 34.2 Å². The number of rotatable bonds is 5. The van der Waals surface area contributed by atoms with Crippen LogP contribution in [-0.2, 0) is 4.74 Å². The van der Waals surface area contributed by atoms with E-state index in [2.05, 4.69) is 30.4 Å². The van der Waals surface area contributed by atoms with Crippen molar-refractivity contribution in [3.8, 4) is 11.5 Å². The molecule has 1 N–H and O–H groups in total. The molecule has 4 aromatic heterocycles. The maximum atomic E-state index is 13.3. The van der Waals surface area contributed by atoms with Crippen LogP contribution in [0.4, 0.5) is 15.9 Å². The van der Waals surface area contributed by atoms with Crippen LogP contribution >= 0.6 is 0 Å². The topological polar surface area (TPSA) is 111 Å². The Kier molecular flexibility index (Phi) is 4.29. The first-order chi connectivity index (χ1) is 17.0. The fourth-order valence-corrected chi connectivity index (χ4v) is 4.72. The number of anilines is 2. The van der Waals surface area contributed by atoms with Crippen molar-refractivity contribution in [3.63, 3.8) is 0 Å². The van der Waals surface area contributed by atoms with Crippen LogP contribution in [0.15, 0.2) is 41.2 Å². The van der Waals surface area contributed by atoms with Crippen molar-refractivity contribution in [3.05, 3.63) is 53.7 Å². The predicted octanol–water partition coefficient (Wildman–Crippen LogP) is 3.00. The van der Waals surface area contributed by atoms with E-state index in [0.29, 0.717) is 34.4 Å². The number of halogens is 1. The molecule has 2 atom stereocenters. The number of nitrogens with zero attached hydrogens (tertiary/aromatic N) is 6. The molecule has 0 radical (unpaired) electrons. The zero-order valence-corrected chi connectivity index (χ0v) is 18.9. The third kappa shape index (κ3) is 3.37. The van der Waals surface area contributed by atoms with Gasteiger partial charge in [0.1, 0.15) is 17.7 Å². The number of pyridine rings is 2. The lowest BCUT2D eigenvalue weighted by Crippen LogP contribution is -2.66. The van der Waals surface area contributed by atoms with E-state index in [1.807, 2.05) is 31.3 Å². The SMILES string of the molecule is Cc1ccc(-c2noc([C@H]3C[C@@H]3F)n2)nc1NC(=O)c1cnn2ccc(N3CC4(COC4)C3)cc12. The van der Waals surface area contributed by atoms with E-state index in [0.717, 1.165) is 37.6 Å². The normalized spacial score (nSPS) is 22.2. The molecule has 7 rings (SSSR count). The molecule has 3 fully saturated rings. The van der Waals surface area contributed by atoms with Crippen molar-refractivity contribution in [2.45, 2.75) is 25.4 Å². The Morgan fingerprint density at radius 2 is 2.06 bits per heavy atom. The molecule has 178 valence electrons. The van der Waals surface area contributed by atoms with Crippen molar-refractivity contribution < 1.29 is 18.4 Å². The van der Waals surface area contributed by atoms with Gasteiger partial charge in [0, 0.05) is 25.0 Å². The Bertz CT molecular complexity index is 1470. The molecular weight excluding hydrogens is 453 g/mol. The molecule has 2 aliphatic heterocycles. The Morgan fingerprint density at radius 3 is 2.80 bits per heavy atom. The first-order valence-corrected chi connectivity index (χ1v) is 11.6. The van der Waals surface area contributed by atoms with Gasteiger partial charge in [-0.1, -0.05) is 11.2 Å². The molecule has 1 saturated carbocycles. The zero-order chi connectivity index (χ0) is 23.7. The van der Waals surface area contributed by atoms with Gasteiger partial charge in [0.05, 0.1) is 41.8 Å². The lowest BCUT2D eigenvalue weighted by atomic mass is 9.78. The summed E-state index contributed by atoms with van der Waals surface area (Å²) in [6.07, 6.45) is 2.90. The van der Waals surface area contributed by atoms with E-state index >= 15 is 0 Å². The summed E-state index contributed by atoms with van der Waals surface area (Å²) in [6.45, 7) is 5.40. The van der Waals surface area contributed by atoms with E-state index in [1.165, 1.54) is 0 Å². The number of alkyl halides is 1. The van der Waals surface area contributed by atoms with Crippen molar-refractivity contribution in [1.82, 2.24) is 24.7 Å². The summed E-state index contributed by atoms with van der Waals surface area (Å²) < 4.78 is 25.6. The number of aryl methyl sites for hydroxylation is 1. The minimum atomic E-state index is -0.926. The molecule has 3 aliphatic rings. The van der Waals surface area contributed by atoms with Gasteiger partial charge >= 0.3 is 0 Å². The van der Waals surface area contributed by atoms with Gasteiger partial charge in [0.2, 0.25) is 11.7 Å². The minimum Gasteiger partial charge on any atom is -0.380 e. The lowest BCUT2D eigenvalue weighted by Gasteiger charge is -2.56. The average molecular weight is 475 g/mol. The monoisotopic (exact) mass is 475 g/mol. The van der Waals surface area contributed by atoms with Crippen molar-refractivity contribution >= 4 is 22.9 Å². The van der Waals surface area contributed by atoms with Crippen LogP contribution in [0.25, 0.3) is 17.0 Å². The standard InChI is InChI=1S/C24H22FN7O3/c1-13-2-3-18(21-29-23(35-30-21)15-7-17(15)25)27-20(13)28-22(33)16-8-26-32-5-4-14(6-19(16)32)31-9-24(10-31)11-34-12-24/h2-6,8,15,17H,7,9-12H2,1H3,(H,27,28,33)/t15-,17-/m0/s1. The smallest absolute Gasteiger partial charge is 0.260 e. The van der Waals surface area contributed by atoms with Crippen LogP contribution in [0.2, 0.25) is 0 Å². The fraction of sp³-hybridized carbons (Fsp3) is 0.375. The Balaban J connectivity index is 1.13. The Hall–Kier alpha value is -3.86. The van der Waals surface area contributed by atoms with E-state index in [4.69, 9.17) is 9.26 Å². The van der Waals surface area contributed by atoms with Crippen molar-refractivity contribution in [2.24, 2.45) is 5.41 Å². The number of amides is 1. The molecule has 10 nitrogen and oxygen atoms in total. The molecule has 1 aliphatic carbocycles. The number of nitrogens with one attached hydrogen (secondary N) is 1. The van der Waals surface area contributed by atoms with Gasteiger partial charge in [0.25, 0.3) is 5.91 Å². The van der Waals surface area contributed by atoms with Crippen molar-refractivity contribution in [2.75, 3.05) is 36.5 Å². The first kappa shape index (κ1) is 20.5. The van der Waals surface area contributed by atoms with Gasteiger partial charge in [-0.05, 0) is 37.1 Å². The van der Waals surface area contributed by atoms with Crippen LogP contribution in [0.3, 0.4) is 0 Å². The summed E-state index contributed by atoms with van der Waals surface area (Å²) in [7, 11) is 0. The fourth-order valence-electron chi connectivity index (χ4n) is 4.72. The molecular formula is C24H22FN7O3. The number of ether oxygens (including phenoxy) is 1. The third-order valence-corrected chi connectivity index (χ3v) is 7.01. The molecule has 2 saturated heterocycles. The van der Waals surface area contributed by atoms with Crippen LogP contribution in [-0.4, -0.2) is 63.1 Å². The minimum absolute atomic E-state index is 0.263. The van der Waals surface area contributed by atoms with Crippen LogP contribution in [0.5, 0.6) is 0 Å². The van der Waals surface area contributed by atoms with Crippen LogP contribution in [0, 0.1) is 12.3 Å². The van der Waals surface area contributed by atoms with E-state index in [9.17, 15) is 9.18 Å². The molecule has 1 spiro atoms. The van der Waals surface area contributed by atoms with Gasteiger partial charge in [-0.2, -0.15) is 10.1 Å². The van der Waals surface area contributed by atoms with E-state index < -0.39 is 6.17 Å². The quantitative estimate of drug-likeness (QED) is 0.469. The Labute approximate surface area is 199 Å². The average Bonchev–Trinajstić information content (AvgIpc) is 3.19. The van der Waals surface area contributed by atoms with Crippen molar-refractivity contribution in [1.29, 1.82) is 0 Å². The van der Waals surface area contributed by atoms with Gasteiger partial charge < -0.3 is 19.5 Å². The van der Waals surface area contributed by atoms with Gasteiger partial charge in [-0.15, -0.1) is 0 Å². The number of aromatic nitrogens is 5. The largest absolute Gasteiger partial charge is 0.380 e. The third-order valence-electron chi connectivity index (χ3n) is 7.01. The van der Waals surface area contributed by atoms with E-state index in [-0.39, 0.29) is 23.5 Å². The second-order valence-electron chi connectivity index (χ2n) is 9.75. The number of hydrogen-bond acceptors (Lipinski definition) is 8. The maximum Gasteiger partial charge on any atom is 0.260 e. The molecule has 11 heteroatoms. The predicted molar refractivity (Wildman–Crippen MR) is 123 cm³/mol. The highest BCUT2D eigenvalue weighted by atomic mass is 19.1. The summed E-state index contributed by atoms with van der Waals surface area (Å²) in [5.74, 6) is 0.286. The number of carbonyl (C=O) groups is 1. The first-order valence-electron chi connectivity index (χ1n) is 11.6. The molecule has 4 aromatic rings. The Morgan fingerprint density at radius 1 is 1.23 bits per heavy atom. The zero-order valence-electron chi connectivity index (χ0n) is 18.9.